The van der Waals surface area contributed by atoms with Crippen LogP contribution in [0, 0.1) is 17.8 Å². The van der Waals surface area contributed by atoms with Gasteiger partial charge in [-0.25, -0.2) is 9.59 Å². The van der Waals surface area contributed by atoms with Gasteiger partial charge in [-0.3, -0.25) is 4.90 Å². The number of nitrogens with one attached hydrogen (secondary N) is 1. The average Bonchev–Trinajstić information content (AvgIpc) is 2.95. The first-order chi connectivity index (χ1) is 19.8. The second-order valence-electron chi connectivity index (χ2n) is 10.5. The quantitative estimate of drug-likeness (QED) is 0.112. The standard InChI is InChI=1S/C28H37NO13/c1-4-13(3)20(26(38)39)29-9-14(8-15(10-29)24(34)35)6-7-17-16(5-2)27(40-12-18(17)25(36)37)42-28-23(33)22(32)21(31)19(11-30)41-28/h5-8,10,12-13,16-17,19-23,27-28,30-33H,2,4,9,11H2,1,3H3,(H,34,35)(H,36,37)(H,38,39). The predicted octanol–water partition coefficient (Wildman–Crippen LogP) is -2.94. The van der Waals surface area contributed by atoms with Gasteiger partial charge in [0.15, 0.2) is 6.29 Å². The molecule has 0 aromatic heterocycles. The fourth-order valence-corrected chi connectivity index (χ4v) is 5.23. The molecule has 42 heavy (non-hydrogen) atoms. The molecular weight excluding hydrogens is 558 g/mol. The first kappa shape index (κ1) is 33.1. The number of hydrogen-bond acceptors (Lipinski definition) is 11. The maximum Gasteiger partial charge on any atom is 0.341 e. The first-order valence-electron chi connectivity index (χ1n) is 13.4. The van der Waals surface area contributed by atoms with E-state index in [0.29, 0.717) is 16.9 Å². The number of hydrogen-bond donors (Lipinski definition) is 7. The summed E-state index contributed by atoms with van der Waals surface area (Å²) in [6.07, 6.45) is -0.731. The summed E-state index contributed by atoms with van der Waals surface area (Å²) in [4.78, 5) is 36.2. The second-order valence-corrected chi connectivity index (χ2v) is 10.5. The Morgan fingerprint density at radius 1 is 1.17 bits per heavy atom. The van der Waals surface area contributed by atoms with Crippen molar-refractivity contribution in [1.29, 1.82) is 0 Å². The van der Waals surface area contributed by atoms with E-state index in [2.05, 4.69) is 6.58 Å². The molecule has 1 saturated heterocycles. The average molecular weight is 596 g/mol. The summed E-state index contributed by atoms with van der Waals surface area (Å²) < 4.78 is 16.6. The van der Waals surface area contributed by atoms with Crippen LogP contribution in [-0.2, 0) is 28.6 Å². The van der Waals surface area contributed by atoms with Crippen molar-refractivity contribution < 1.29 is 69.2 Å². The van der Waals surface area contributed by atoms with Crippen molar-refractivity contribution in [2.45, 2.75) is 63.3 Å². The number of aliphatic hydroxyl groups is 4. The van der Waals surface area contributed by atoms with E-state index < -0.39 is 79.4 Å². The minimum atomic E-state index is -1.74. The van der Waals surface area contributed by atoms with E-state index in [1.54, 1.807) is 6.92 Å². The van der Waals surface area contributed by atoms with Crippen molar-refractivity contribution in [1.82, 2.24) is 0 Å². The minimum absolute atomic E-state index is 0.0785. The molecule has 0 bridgehead atoms. The first-order valence-corrected chi connectivity index (χ1v) is 13.4. The number of aliphatic carboxylic acids is 3. The fraction of sp³-hybridized carbons (Fsp3) is 0.536. The van der Waals surface area contributed by atoms with Gasteiger partial charge in [-0.15, -0.1) is 6.58 Å². The molecule has 11 unspecified atom stereocenters. The molecule has 0 aromatic carbocycles. The van der Waals surface area contributed by atoms with Crippen LogP contribution in [0.3, 0.4) is 0 Å². The largest absolute Gasteiger partial charge is 0.544 e. The Hall–Kier alpha value is -3.37. The van der Waals surface area contributed by atoms with Gasteiger partial charge in [0.25, 0.3) is 0 Å². The van der Waals surface area contributed by atoms with Crippen LogP contribution in [0.5, 0.6) is 0 Å². The SMILES string of the molecule is C=CC1C(OC2OC(CO)C(O)C(O)C2O)OC=C(C(=O)O)C1C=CC1=CC(C(=O)O)=C[NH+](C(C(=O)[O-])C(C)CC)C1. The lowest BCUT2D eigenvalue weighted by atomic mass is 9.83. The second kappa shape index (κ2) is 14.2. The van der Waals surface area contributed by atoms with E-state index in [1.165, 1.54) is 30.5 Å². The lowest BCUT2D eigenvalue weighted by Gasteiger charge is -2.42. The summed E-state index contributed by atoms with van der Waals surface area (Å²) in [5, 5.41) is 71.4. The Bertz CT molecular complexity index is 1160. The Morgan fingerprint density at radius 3 is 2.40 bits per heavy atom. The smallest absolute Gasteiger partial charge is 0.341 e. The maximum atomic E-state index is 12.1. The molecule has 1 fully saturated rings. The molecule has 14 nitrogen and oxygen atoms in total. The minimum Gasteiger partial charge on any atom is -0.544 e. The third kappa shape index (κ3) is 7.15. The van der Waals surface area contributed by atoms with Crippen LogP contribution in [0.1, 0.15) is 20.3 Å². The van der Waals surface area contributed by atoms with Gasteiger partial charge in [-0.1, -0.05) is 32.1 Å². The number of carbonyl (C=O) groups is 3. The van der Waals surface area contributed by atoms with Crippen LogP contribution in [0.4, 0.5) is 0 Å². The zero-order valence-electron chi connectivity index (χ0n) is 23.1. The van der Waals surface area contributed by atoms with E-state index in [1.807, 2.05) is 6.92 Å². The van der Waals surface area contributed by atoms with Gasteiger partial charge < -0.3 is 54.8 Å². The molecule has 232 valence electrons. The molecule has 3 aliphatic rings. The number of carbonyl (C=O) groups excluding carboxylic acids is 1. The number of rotatable bonds is 12. The van der Waals surface area contributed by atoms with Crippen molar-refractivity contribution in [3.8, 4) is 0 Å². The van der Waals surface area contributed by atoms with Crippen LogP contribution in [0.2, 0.25) is 0 Å². The topological polar surface area (TPSA) is 228 Å². The van der Waals surface area contributed by atoms with E-state index in [0.717, 1.165) is 6.26 Å². The predicted molar refractivity (Wildman–Crippen MR) is 140 cm³/mol. The van der Waals surface area contributed by atoms with Crippen molar-refractivity contribution in [2.24, 2.45) is 17.8 Å². The lowest BCUT2D eigenvalue weighted by Crippen LogP contribution is -3.14. The molecule has 0 aliphatic carbocycles. The maximum absolute atomic E-state index is 12.1. The highest BCUT2D eigenvalue weighted by atomic mass is 16.8. The highest BCUT2D eigenvalue weighted by Gasteiger charge is 2.47. The molecule has 0 spiro atoms. The van der Waals surface area contributed by atoms with Crippen molar-refractivity contribution >= 4 is 17.9 Å². The van der Waals surface area contributed by atoms with Gasteiger partial charge in [-0.2, -0.15) is 0 Å². The molecular formula is C28H37NO13. The summed E-state index contributed by atoms with van der Waals surface area (Å²) >= 11 is 0. The highest BCUT2D eigenvalue weighted by Crippen LogP contribution is 2.36. The van der Waals surface area contributed by atoms with Crippen molar-refractivity contribution in [3.05, 3.63) is 60.1 Å². The van der Waals surface area contributed by atoms with E-state index in [-0.39, 0.29) is 23.6 Å². The third-order valence-electron chi connectivity index (χ3n) is 7.77. The number of carboxylic acids is 3. The summed E-state index contributed by atoms with van der Waals surface area (Å²) in [5.41, 5.74) is 0.0621. The molecule has 11 atom stereocenters. The van der Waals surface area contributed by atoms with Crippen LogP contribution in [0.15, 0.2) is 60.1 Å². The number of carboxylic acid groups (broad SMARTS) is 3. The van der Waals surface area contributed by atoms with E-state index in [4.69, 9.17) is 14.2 Å². The van der Waals surface area contributed by atoms with E-state index in [9.17, 15) is 50.1 Å². The number of quaternary nitrogens is 1. The molecule has 0 aromatic rings. The Labute approximate surface area is 241 Å². The van der Waals surface area contributed by atoms with Gasteiger partial charge >= 0.3 is 11.9 Å². The van der Waals surface area contributed by atoms with Crippen molar-refractivity contribution in [3.63, 3.8) is 0 Å². The lowest BCUT2D eigenvalue weighted by molar-refractivity contribution is -0.867. The van der Waals surface area contributed by atoms with Gasteiger partial charge in [0.2, 0.25) is 6.29 Å². The summed E-state index contributed by atoms with van der Waals surface area (Å²) in [6.45, 7) is 6.67. The zero-order chi connectivity index (χ0) is 31.3. The molecule has 14 heteroatoms. The molecule has 0 amide bonds. The van der Waals surface area contributed by atoms with E-state index >= 15 is 0 Å². The van der Waals surface area contributed by atoms with Crippen LogP contribution in [-0.4, -0.2) is 105 Å². The third-order valence-corrected chi connectivity index (χ3v) is 7.77. The van der Waals surface area contributed by atoms with Gasteiger partial charge in [0.05, 0.1) is 30.3 Å². The normalized spacial score (nSPS) is 34.8. The molecule has 0 radical (unpaired) electrons. The Balaban J connectivity index is 1.91. The molecule has 0 saturated carbocycles. The molecule has 3 aliphatic heterocycles. The summed E-state index contributed by atoms with van der Waals surface area (Å²) in [5.74, 6) is -6.13. The number of ether oxygens (including phenoxy) is 3. The van der Waals surface area contributed by atoms with Gasteiger partial charge in [0, 0.05) is 17.4 Å². The van der Waals surface area contributed by atoms with Crippen LogP contribution >= 0.6 is 0 Å². The fourth-order valence-electron chi connectivity index (χ4n) is 5.23. The zero-order valence-corrected chi connectivity index (χ0v) is 23.1. The van der Waals surface area contributed by atoms with Crippen molar-refractivity contribution in [2.75, 3.05) is 13.2 Å². The summed E-state index contributed by atoms with van der Waals surface area (Å²) in [6, 6.07) is -1.03. The Morgan fingerprint density at radius 2 is 1.86 bits per heavy atom. The molecule has 3 rings (SSSR count). The highest BCUT2D eigenvalue weighted by molar-refractivity contribution is 5.90. The molecule has 3 heterocycles. The van der Waals surface area contributed by atoms with Crippen LogP contribution < -0.4 is 10.0 Å². The summed E-state index contributed by atoms with van der Waals surface area (Å²) in [7, 11) is 0. The molecule has 7 N–H and O–H groups in total. The number of allylic oxidation sites excluding steroid dienone is 1. The number of aliphatic hydroxyl groups excluding tert-OH is 4. The monoisotopic (exact) mass is 595 g/mol. The van der Waals surface area contributed by atoms with Gasteiger partial charge in [0.1, 0.15) is 48.8 Å². The van der Waals surface area contributed by atoms with Crippen LogP contribution in [0.25, 0.3) is 0 Å². The Kier molecular flexibility index (Phi) is 11.2. The van der Waals surface area contributed by atoms with Gasteiger partial charge in [-0.05, 0) is 12.5 Å².